The van der Waals surface area contributed by atoms with Crippen molar-refractivity contribution in [2.45, 2.75) is 26.2 Å². The van der Waals surface area contributed by atoms with Gasteiger partial charge in [0.05, 0.1) is 31.1 Å². The number of H-pyrrole nitrogens is 1. The van der Waals surface area contributed by atoms with Crippen molar-refractivity contribution in [3.05, 3.63) is 45.8 Å². The van der Waals surface area contributed by atoms with E-state index in [0.717, 1.165) is 6.21 Å². The Balaban J connectivity index is 2.92. The number of carboxylic acid groups (broad SMARTS) is 1. The van der Waals surface area contributed by atoms with Crippen LogP contribution in [0.4, 0.5) is 8.78 Å². The number of aromatic amines is 1. The highest BCUT2D eigenvalue weighted by Crippen LogP contribution is 2.39. The lowest BCUT2D eigenvalue weighted by molar-refractivity contribution is 0.0679. The summed E-state index contributed by atoms with van der Waals surface area (Å²) in [5.41, 5.74) is -1.31. The number of aliphatic hydroxyl groups excluding tert-OH is 4. The molecule has 1 aromatic carbocycles. The first-order valence-corrected chi connectivity index (χ1v) is 7.75. The molecule has 0 fully saturated rings. The number of nitrogens with one attached hydrogen (secondary N) is 1. The normalized spacial score (nSPS) is 11.7. The highest BCUT2D eigenvalue weighted by Gasteiger charge is 2.30. The highest BCUT2D eigenvalue weighted by atomic mass is 19.3. The highest BCUT2D eigenvalue weighted by molar-refractivity contribution is 5.98. The standard InChI is InChI=1S/C17H18F2N2O6/c18-16(19)14-13(12(3-20-7-25)21-15(14)17(26)27)9-2-1-8(4-22)10(5-23)11(9)6-24/h1-3,16,21-25H,4-7H2,(H,26,27)/b20-3+. The number of carbonyl (C=O) groups is 1. The van der Waals surface area contributed by atoms with Gasteiger partial charge in [0.15, 0.2) is 0 Å². The lowest BCUT2D eigenvalue weighted by Gasteiger charge is -2.16. The number of aliphatic hydroxyl groups is 4. The molecule has 0 aliphatic heterocycles. The van der Waals surface area contributed by atoms with Crippen molar-refractivity contribution in [1.82, 2.24) is 4.98 Å². The molecule has 8 nitrogen and oxygen atoms in total. The molecule has 0 aliphatic rings. The van der Waals surface area contributed by atoms with Crippen molar-refractivity contribution in [2.24, 2.45) is 4.99 Å². The molecule has 10 heteroatoms. The molecule has 0 saturated heterocycles. The third-order valence-electron chi connectivity index (χ3n) is 4.09. The molecule has 1 aromatic heterocycles. The maximum atomic E-state index is 13.7. The van der Waals surface area contributed by atoms with E-state index in [1.54, 1.807) is 0 Å². The molecule has 0 aliphatic carbocycles. The van der Waals surface area contributed by atoms with Gasteiger partial charge in [-0.05, 0) is 22.3 Å². The number of hydrogen-bond donors (Lipinski definition) is 6. The molecule has 1 heterocycles. The molecular formula is C17H18F2N2O6. The minimum absolute atomic E-state index is 0.0530. The fourth-order valence-electron chi connectivity index (χ4n) is 2.94. The minimum atomic E-state index is -3.17. The molecule has 2 rings (SSSR count). The van der Waals surface area contributed by atoms with Gasteiger partial charge in [-0.3, -0.25) is 4.99 Å². The molecular weight excluding hydrogens is 366 g/mol. The van der Waals surface area contributed by atoms with E-state index in [2.05, 4.69) is 9.98 Å². The summed E-state index contributed by atoms with van der Waals surface area (Å²) in [6.07, 6.45) is -2.16. The molecule has 0 bridgehead atoms. The van der Waals surface area contributed by atoms with Crippen LogP contribution in [0.15, 0.2) is 17.1 Å². The molecule has 0 amide bonds. The van der Waals surface area contributed by atoms with Crippen LogP contribution in [0.1, 0.15) is 44.9 Å². The second kappa shape index (κ2) is 8.82. The second-order valence-corrected chi connectivity index (χ2v) is 5.46. The Morgan fingerprint density at radius 3 is 2.26 bits per heavy atom. The van der Waals surface area contributed by atoms with Crippen LogP contribution in [-0.4, -0.2) is 49.4 Å². The van der Waals surface area contributed by atoms with Gasteiger partial charge in [-0.1, -0.05) is 12.1 Å². The van der Waals surface area contributed by atoms with Crippen LogP contribution >= 0.6 is 0 Å². The SMILES string of the molecule is O=C(O)c1[nH]c(/C=N/CO)c(-c2ccc(CO)c(CO)c2CO)c1C(F)F. The predicted molar refractivity (Wildman–Crippen MR) is 90.6 cm³/mol. The van der Waals surface area contributed by atoms with Crippen molar-refractivity contribution in [2.75, 3.05) is 6.73 Å². The zero-order valence-corrected chi connectivity index (χ0v) is 14.0. The fraction of sp³-hybridized carbons (Fsp3) is 0.294. The van der Waals surface area contributed by atoms with Gasteiger partial charge in [0.25, 0.3) is 6.43 Å². The van der Waals surface area contributed by atoms with Crippen LogP contribution < -0.4 is 0 Å². The fourth-order valence-corrected chi connectivity index (χ4v) is 2.94. The van der Waals surface area contributed by atoms with Crippen molar-refractivity contribution >= 4 is 12.2 Å². The van der Waals surface area contributed by atoms with Crippen molar-refractivity contribution in [1.29, 1.82) is 0 Å². The summed E-state index contributed by atoms with van der Waals surface area (Å²) in [4.78, 5) is 17.3. The molecule has 0 atom stereocenters. The van der Waals surface area contributed by atoms with E-state index in [4.69, 9.17) is 5.11 Å². The Labute approximate surface area is 152 Å². The average molecular weight is 384 g/mol. The third kappa shape index (κ3) is 3.88. The number of benzene rings is 1. The minimum Gasteiger partial charge on any atom is -0.477 e. The quantitative estimate of drug-likeness (QED) is 0.377. The molecule has 0 unspecified atom stereocenters. The van der Waals surface area contributed by atoms with Crippen LogP contribution in [0.2, 0.25) is 0 Å². The van der Waals surface area contributed by atoms with Crippen molar-refractivity contribution < 1.29 is 39.1 Å². The van der Waals surface area contributed by atoms with E-state index in [1.165, 1.54) is 12.1 Å². The molecule has 6 N–H and O–H groups in total. The topological polar surface area (TPSA) is 146 Å². The Morgan fingerprint density at radius 1 is 1.11 bits per heavy atom. The molecule has 2 aromatic rings. The number of aromatic nitrogens is 1. The predicted octanol–water partition coefficient (Wildman–Crippen LogP) is 1.16. The number of nitrogens with zero attached hydrogens (tertiary/aromatic N) is 1. The van der Waals surface area contributed by atoms with Gasteiger partial charge < -0.3 is 30.5 Å². The summed E-state index contributed by atoms with van der Waals surface area (Å²) < 4.78 is 27.4. The van der Waals surface area contributed by atoms with Gasteiger partial charge >= 0.3 is 5.97 Å². The maximum absolute atomic E-state index is 13.7. The van der Waals surface area contributed by atoms with Gasteiger partial charge in [-0.25, -0.2) is 13.6 Å². The number of rotatable bonds is 8. The van der Waals surface area contributed by atoms with Crippen LogP contribution in [0.3, 0.4) is 0 Å². The monoisotopic (exact) mass is 384 g/mol. The van der Waals surface area contributed by atoms with Gasteiger partial charge in [0.2, 0.25) is 0 Å². The van der Waals surface area contributed by atoms with Gasteiger partial charge in [0, 0.05) is 11.8 Å². The van der Waals surface area contributed by atoms with Gasteiger partial charge in [0.1, 0.15) is 12.4 Å². The number of carboxylic acids is 1. The zero-order valence-electron chi connectivity index (χ0n) is 14.0. The number of hydrogen-bond acceptors (Lipinski definition) is 6. The summed E-state index contributed by atoms with van der Waals surface area (Å²) in [6.45, 7) is -2.31. The Kier molecular flexibility index (Phi) is 6.75. The molecule has 0 radical (unpaired) electrons. The van der Waals surface area contributed by atoms with E-state index in [1.807, 2.05) is 0 Å². The van der Waals surface area contributed by atoms with E-state index < -0.39 is 50.2 Å². The number of aliphatic imine (C=N–C) groups is 1. The van der Waals surface area contributed by atoms with Crippen LogP contribution in [0, 0.1) is 0 Å². The number of aromatic carboxylic acids is 1. The van der Waals surface area contributed by atoms with Gasteiger partial charge in [-0.15, -0.1) is 0 Å². The Hall–Kier alpha value is -2.66. The lowest BCUT2D eigenvalue weighted by Crippen LogP contribution is -2.05. The number of halogens is 2. The van der Waals surface area contributed by atoms with Crippen LogP contribution in [0.25, 0.3) is 11.1 Å². The van der Waals surface area contributed by atoms with Crippen molar-refractivity contribution in [3.63, 3.8) is 0 Å². The Bertz CT molecular complexity index is 864. The average Bonchev–Trinajstić information content (AvgIpc) is 3.04. The largest absolute Gasteiger partial charge is 0.477 e. The molecule has 0 spiro atoms. The maximum Gasteiger partial charge on any atom is 0.352 e. The molecule has 27 heavy (non-hydrogen) atoms. The zero-order chi connectivity index (χ0) is 20.1. The van der Waals surface area contributed by atoms with Crippen molar-refractivity contribution in [3.8, 4) is 11.1 Å². The Morgan fingerprint density at radius 2 is 1.78 bits per heavy atom. The summed E-state index contributed by atoms with van der Waals surface area (Å²) in [7, 11) is 0. The lowest BCUT2D eigenvalue weighted by atomic mass is 9.90. The first-order chi connectivity index (χ1) is 12.9. The number of alkyl halides is 2. The van der Waals surface area contributed by atoms with Crippen LogP contribution in [-0.2, 0) is 19.8 Å². The molecule has 146 valence electrons. The summed E-state index contributed by atoms with van der Waals surface area (Å²) >= 11 is 0. The molecule has 0 saturated carbocycles. The second-order valence-electron chi connectivity index (χ2n) is 5.46. The summed E-state index contributed by atoms with van der Waals surface area (Å²) in [5.74, 6) is -1.62. The van der Waals surface area contributed by atoms with E-state index in [-0.39, 0.29) is 27.9 Å². The van der Waals surface area contributed by atoms with E-state index in [9.17, 15) is 34.0 Å². The summed E-state index contributed by atoms with van der Waals surface area (Å²) in [6, 6.07) is 2.73. The van der Waals surface area contributed by atoms with Gasteiger partial charge in [-0.2, -0.15) is 0 Å². The smallest absolute Gasteiger partial charge is 0.352 e. The first kappa shape index (κ1) is 20.6. The van der Waals surface area contributed by atoms with E-state index in [0.29, 0.717) is 5.56 Å². The van der Waals surface area contributed by atoms with Crippen LogP contribution in [0.5, 0.6) is 0 Å². The third-order valence-corrected chi connectivity index (χ3v) is 4.09. The first-order valence-electron chi connectivity index (χ1n) is 7.75. The van der Waals surface area contributed by atoms with E-state index >= 15 is 0 Å². The summed E-state index contributed by atoms with van der Waals surface area (Å²) in [5, 5.41) is 46.8.